The molecule has 1 heterocycles. The van der Waals surface area contributed by atoms with Gasteiger partial charge in [0.05, 0.1) is 4.92 Å². The normalized spacial score (nSPS) is 10.9. The minimum Gasteiger partial charge on any atom is -0.502 e. The van der Waals surface area contributed by atoms with Gasteiger partial charge >= 0.3 is 11.7 Å². The molecule has 0 fully saturated rings. The maximum Gasteiger partial charge on any atom is 0.358 e. The van der Waals surface area contributed by atoms with E-state index in [9.17, 15) is 20.0 Å². The molecule has 0 bridgehead atoms. The molecule has 1 aromatic heterocycles. The van der Waals surface area contributed by atoms with Crippen LogP contribution in [-0.2, 0) is 0 Å². The number of nitro groups is 1. The van der Waals surface area contributed by atoms with Crippen molar-refractivity contribution in [3.8, 4) is 22.8 Å². The molecular weight excluding hydrogens is 368 g/mol. The highest BCUT2D eigenvalue weighted by atomic mass is 16.6. The number of nitro benzene ring substituents is 1. The van der Waals surface area contributed by atoms with Gasteiger partial charge in [0.25, 0.3) is 0 Å². The largest absolute Gasteiger partial charge is 0.502 e. The molecule has 28 heavy (non-hydrogen) atoms. The number of aromatic carboxylic acids is 1. The van der Waals surface area contributed by atoms with E-state index in [1.54, 1.807) is 30.4 Å². The molecule has 142 valence electrons. The van der Waals surface area contributed by atoms with E-state index in [4.69, 9.17) is 14.4 Å². The fourth-order valence-electron chi connectivity index (χ4n) is 2.44. The molecular formula is C19H14N2O7. The van der Waals surface area contributed by atoms with E-state index >= 15 is 0 Å². The fourth-order valence-corrected chi connectivity index (χ4v) is 2.44. The van der Waals surface area contributed by atoms with Gasteiger partial charge in [0.15, 0.2) is 17.2 Å². The molecule has 0 saturated carbocycles. The topological polar surface area (TPSA) is 136 Å². The first kappa shape index (κ1) is 18.6. The molecule has 0 aliphatic carbocycles. The number of phenolic OH excluding ortho intramolecular Hbond substituents is 1. The van der Waals surface area contributed by atoms with Crippen LogP contribution < -0.4 is 4.74 Å². The third-order valence-electron chi connectivity index (χ3n) is 3.71. The number of carboxylic acids is 1. The van der Waals surface area contributed by atoms with Crippen LogP contribution in [0.1, 0.15) is 16.1 Å². The van der Waals surface area contributed by atoms with Crippen LogP contribution >= 0.6 is 0 Å². The molecule has 0 atom stereocenters. The number of aromatic nitrogens is 1. The Morgan fingerprint density at radius 3 is 2.75 bits per heavy atom. The number of benzene rings is 2. The lowest BCUT2D eigenvalue weighted by atomic mass is 10.1. The van der Waals surface area contributed by atoms with Crippen molar-refractivity contribution in [2.45, 2.75) is 0 Å². The number of phenols is 1. The Hall–Kier alpha value is -4.14. The van der Waals surface area contributed by atoms with Crippen LogP contribution in [0.4, 0.5) is 5.69 Å². The summed E-state index contributed by atoms with van der Waals surface area (Å²) in [6.45, 7) is 0.0417. The molecule has 0 spiro atoms. The van der Waals surface area contributed by atoms with Crippen LogP contribution in [0, 0.1) is 10.1 Å². The molecule has 2 N–H and O–H groups in total. The van der Waals surface area contributed by atoms with Gasteiger partial charge in [-0.15, -0.1) is 0 Å². The lowest BCUT2D eigenvalue weighted by Crippen LogP contribution is -1.98. The lowest BCUT2D eigenvalue weighted by Gasteiger charge is -2.05. The van der Waals surface area contributed by atoms with Crippen molar-refractivity contribution in [2.75, 3.05) is 6.61 Å². The van der Waals surface area contributed by atoms with Gasteiger partial charge < -0.3 is 19.5 Å². The van der Waals surface area contributed by atoms with E-state index in [1.165, 1.54) is 24.3 Å². The molecule has 3 aromatic rings. The Kier molecular flexibility index (Phi) is 5.35. The summed E-state index contributed by atoms with van der Waals surface area (Å²) < 4.78 is 10.4. The molecule has 0 saturated heterocycles. The number of nitrogens with zero attached hydrogens (tertiary/aromatic N) is 2. The number of para-hydroxylation sites is 1. The summed E-state index contributed by atoms with van der Waals surface area (Å²) in [6.07, 6.45) is 3.38. The van der Waals surface area contributed by atoms with Crippen LogP contribution in [-0.4, -0.2) is 32.9 Å². The SMILES string of the molecule is O=C(O)c1cc(-c2cccc(C=CCOc3cccc(O)c3[N+](=O)[O-])c2)on1. The number of hydrogen-bond donors (Lipinski definition) is 2. The van der Waals surface area contributed by atoms with Crippen molar-refractivity contribution in [3.05, 3.63) is 76.0 Å². The molecule has 0 radical (unpaired) electrons. The van der Waals surface area contributed by atoms with Gasteiger partial charge in [-0.25, -0.2) is 4.79 Å². The highest BCUT2D eigenvalue weighted by molar-refractivity contribution is 5.86. The first-order valence-corrected chi connectivity index (χ1v) is 8.02. The zero-order chi connectivity index (χ0) is 20.1. The minimum atomic E-state index is -1.18. The summed E-state index contributed by atoms with van der Waals surface area (Å²) in [5.74, 6) is -1.36. The summed E-state index contributed by atoms with van der Waals surface area (Å²) in [4.78, 5) is 21.2. The number of carbonyl (C=O) groups is 1. The third-order valence-corrected chi connectivity index (χ3v) is 3.71. The van der Waals surface area contributed by atoms with Crippen molar-refractivity contribution in [3.63, 3.8) is 0 Å². The van der Waals surface area contributed by atoms with Crippen LogP contribution in [0.5, 0.6) is 11.5 Å². The monoisotopic (exact) mass is 382 g/mol. The quantitative estimate of drug-likeness (QED) is 0.466. The summed E-state index contributed by atoms with van der Waals surface area (Å²) in [7, 11) is 0. The zero-order valence-corrected chi connectivity index (χ0v) is 14.3. The lowest BCUT2D eigenvalue weighted by molar-refractivity contribution is -0.386. The smallest absolute Gasteiger partial charge is 0.358 e. The zero-order valence-electron chi connectivity index (χ0n) is 14.3. The van der Waals surface area contributed by atoms with E-state index in [0.29, 0.717) is 11.3 Å². The summed E-state index contributed by atoms with van der Waals surface area (Å²) in [5, 5.41) is 33.0. The minimum absolute atomic E-state index is 0.0359. The molecule has 0 aliphatic heterocycles. The Bertz CT molecular complexity index is 1060. The van der Waals surface area contributed by atoms with Crippen LogP contribution in [0.2, 0.25) is 0 Å². The van der Waals surface area contributed by atoms with E-state index in [1.807, 2.05) is 6.07 Å². The van der Waals surface area contributed by atoms with Gasteiger partial charge in [-0.1, -0.05) is 35.5 Å². The average molecular weight is 382 g/mol. The number of carboxylic acid groups (broad SMARTS) is 1. The van der Waals surface area contributed by atoms with Gasteiger partial charge in [-0.3, -0.25) is 10.1 Å². The van der Waals surface area contributed by atoms with Crippen molar-refractivity contribution >= 4 is 17.7 Å². The summed E-state index contributed by atoms with van der Waals surface area (Å²) >= 11 is 0. The Labute approximate surface area is 158 Å². The molecule has 0 unspecified atom stereocenters. The fraction of sp³-hybridized carbons (Fsp3) is 0.0526. The summed E-state index contributed by atoms with van der Waals surface area (Å²) in [5.41, 5.74) is 0.751. The van der Waals surface area contributed by atoms with Gasteiger partial charge in [0, 0.05) is 11.6 Å². The van der Waals surface area contributed by atoms with E-state index < -0.39 is 22.3 Å². The average Bonchev–Trinajstić information content (AvgIpc) is 3.16. The second-order valence-corrected chi connectivity index (χ2v) is 5.60. The van der Waals surface area contributed by atoms with Gasteiger partial charge in [-0.05, 0) is 29.8 Å². The molecule has 0 aliphatic rings. The maximum absolute atomic E-state index is 11.0. The highest BCUT2D eigenvalue weighted by Crippen LogP contribution is 2.35. The van der Waals surface area contributed by atoms with E-state index in [0.717, 1.165) is 5.56 Å². The third kappa shape index (κ3) is 4.15. The predicted octanol–water partition coefficient (Wildman–Crippen LogP) is 3.75. The van der Waals surface area contributed by atoms with Gasteiger partial charge in [0.1, 0.15) is 6.61 Å². The standard InChI is InChI=1S/C19H14N2O7/c22-15-7-2-8-16(18(15)21(25)26)27-9-3-5-12-4-1-6-13(10-12)17-11-14(19(23)24)20-28-17/h1-8,10-11,22H,9H2,(H,23,24). The Morgan fingerprint density at radius 1 is 1.25 bits per heavy atom. The van der Waals surface area contributed by atoms with Gasteiger partial charge in [-0.2, -0.15) is 0 Å². The number of aromatic hydroxyl groups is 1. The van der Waals surface area contributed by atoms with Crippen molar-refractivity contribution in [1.29, 1.82) is 0 Å². The summed E-state index contributed by atoms with van der Waals surface area (Å²) in [6, 6.07) is 12.5. The number of hydrogen-bond acceptors (Lipinski definition) is 7. The van der Waals surface area contributed by atoms with Gasteiger partial charge in [0.2, 0.25) is 5.75 Å². The number of rotatable bonds is 7. The first-order valence-electron chi connectivity index (χ1n) is 8.02. The predicted molar refractivity (Wildman–Crippen MR) is 98.2 cm³/mol. The second-order valence-electron chi connectivity index (χ2n) is 5.60. The first-order chi connectivity index (χ1) is 13.5. The van der Waals surface area contributed by atoms with Crippen molar-refractivity contribution < 1.29 is 29.2 Å². The highest BCUT2D eigenvalue weighted by Gasteiger charge is 2.20. The molecule has 2 aromatic carbocycles. The van der Waals surface area contributed by atoms with Crippen LogP contribution in [0.25, 0.3) is 17.4 Å². The molecule has 9 nitrogen and oxygen atoms in total. The van der Waals surface area contributed by atoms with Crippen LogP contribution in [0.3, 0.4) is 0 Å². The molecule has 9 heteroatoms. The van der Waals surface area contributed by atoms with Crippen molar-refractivity contribution in [2.24, 2.45) is 0 Å². The second kappa shape index (κ2) is 8.04. The van der Waals surface area contributed by atoms with E-state index in [-0.39, 0.29) is 18.1 Å². The Balaban J connectivity index is 1.69. The van der Waals surface area contributed by atoms with Crippen LogP contribution in [0.15, 0.2) is 59.1 Å². The van der Waals surface area contributed by atoms with Crippen molar-refractivity contribution in [1.82, 2.24) is 5.16 Å². The maximum atomic E-state index is 11.0. The number of ether oxygens (including phenoxy) is 1. The Morgan fingerprint density at radius 2 is 2.04 bits per heavy atom. The molecule has 0 amide bonds. The van der Waals surface area contributed by atoms with E-state index in [2.05, 4.69) is 5.16 Å². The molecule has 3 rings (SSSR count).